The molecule has 0 spiro atoms. The molecule has 0 saturated carbocycles. The quantitative estimate of drug-likeness (QED) is 0.0743. The number of unbranched alkanes of at least 4 members (excludes halogenated alkanes) is 12. The molecule has 25 nitrogen and oxygen atoms in total. The van der Waals surface area contributed by atoms with Gasteiger partial charge in [-0.25, -0.2) is 0 Å². The number of hydrogen-bond acceptors (Lipinski definition) is 25. The van der Waals surface area contributed by atoms with Gasteiger partial charge in [0.2, 0.25) is 0 Å². The van der Waals surface area contributed by atoms with E-state index in [1.54, 1.807) is 0 Å². The Bertz CT molecular complexity index is 1100. The smallest absolute Gasteiger partial charge is 0.0701 e. The number of rotatable bonds is 85. The van der Waals surface area contributed by atoms with E-state index < -0.39 is 0 Å². The first-order chi connectivity index (χ1) is 43.9. The molecule has 0 aliphatic rings. The first-order valence-corrected chi connectivity index (χ1v) is 33.4. The molecule has 530 valence electrons. The summed E-state index contributed by atoms with van der Waals surface area (Å²) in [6.45, 7) is 26.5. The Morgan fingerprint density at radius 3 is 0.352 bits per heavy atom. The molecule has 0 fully saturated rings. The van der Waals surface area contributed by atoms with Gasteiger partial charge >= 0.3 is 0 Å². The third-order valence-corrected chi connectivity index (χ3v) is 12.2. The lowest BCUT2D eigenvalue weighted by molar-refractivity contribution is -0.0320. The van der Waals surface area contributed by atoms with E-state index in [0.29, 0.717) is 311 Å². The predicted molar refractivity (Wildman–Crippen MR) is 332 cm³/mol. The van der Waals surface area contributed by atoms with Gasteiger partial charge in [-0.05, 0) is 6.42 Å². The SMILES string of the molecule is CCCCCCCCCCCCCCCOCCOCCOCCOCCOCCOCCOCCOCCOCCOCCOCCOCCOCCOCCOCCOCCOCCOCCOCCOCCOCCOCCOCCOCCO. The lowest BCUT2D eigenvalue weighted by Gasteiger charge is -2.09. The molecule has 0 rings (SSSR count). The van der Waals surface area contributed by atoms with Crippen LogP contribution in [-0.4, -0.2) is 329 Å². The predicted octanol–water partition coefficient (Wildman–Crippen LogP) is 5.47. The molecule has 0 bridgehead atoms. The van der Waals surface area contributed by atoms with Crippen LogP contribution < -0.4 is 0 Å². The van der Waals surface area contributed by atoms with Gasteiger partial charge in [-0.15, -0.1) is 0 Å². The van der Waals surface area contributed by atoms with Crippen molar-refractivity contribution in [1.82, 2.24) is 0 Å². The average Bonchev–Trinajstić information content (AvgIpc) is 3.54. The first-order valence-electron chi connectivity index (χ1n) is 33.4. The van der Waals surface area contributed by atoms with Gasteiger partial charge in [0.1, 0.15) is 0 Å². The molecule has 0 aliphatic heterocycles. The zero-order chi connectivity index (χ0) is 62.8. The molecule has 0 aromatic rings. The van der Waals surface area contributed by atoms with Crippen LogP contribution >= 0.6 is 0 Å². The molecule has 88 heavy (non-hydrogen) atoms. The van der Waals surface area contributed by atoms with Crippen molar-refractivity contribution in [3.63, 3.8) is 0 Å². The van der Waals surface area contributed by atoms with Crippen molar-refractivity contribution in [2.75, 3.05) is 324 Å². The van der Waals surface area contributed by atoms with E-state index in [2.05, 4.69) is 6.92 Å². The minimum atomic E-state index is 0.0185. The van der Waals surface area contributed by atoms with Crippen LogP contribution in [-0.2, 0) is 114 Å². The third-order valence-electron chi connectivity index (χ3n) is 12.2. The van der Waals surface area contributed by atoms with Crippen LogP contribution in [0.1, 0.15) is 90.4 Å². The van der Waals surface area contributed by atoms with E-state index >= 15 is 0 Å². The molecule has 1 N–H and O–H groups in total. The van der Waals surface area contributed by atoms with Crippen molar-refractivity contribution < 1.29 is 119 Å². The van der Waals surface area contributed by atoms with Crippen molar-refractivity contribution in [1.29, 1.82) is 0 Å². The monoisotopic (exact) mass is 1280 g/mol. The van der Waals surface area contributed by atoms with E-state index in [4.69, 9.17) is 119 Å². The van der Waals surface area contributed by atoms with Gasteiger partial charge in [-0.2, -0.15) is 0 Å². The highest BCUT2D eigenvalue weighted by Crippen LogP contribution is 2.12. The minimum absolute atomic E-state index is 0.0185. The largest absolute Gasteiger partial charge is 0.394 e. The van der Waals surface area contributed by atoms with E-state index in [0.717, 1.165) is 13.0 Å². The zero-order valence-electron chi connectivity index (χ0n) is 55.1. The van der Waals surface area contributed by atoms with Crippen LogP contribution in [0.4, 0.5) is 0 Å². The summed E-state index contributed by atoms with van der Waals surface area (Å²) < 4.78 is 132. The third kappa shape index (κ3) is 85.0. The second kappa shape index (κ2) is 86.0. The molecular formula is C63H128O25. The molecule has 0 heterocycles. The second-order valence-corrected chi connectivity index (χ2v) is 19.7. The summed E-state index contributed by atoms with van der Waals surface area (Å²) in [5, 5.41) is 8.62. The Morgan fingerprint density at radius 1 is 0.125 bits per heavy atom. The molecular weight excluding hydrogens is 1160 g/mol. The zero-order valence-corrected chi connectivity index (χ0v) is 55.1. The summed E-state index contributed by atoms with van der Waals surface area (Å²) >= 11 is 0. The van der Waals surface area contributed by atoms with Crippen molar-refractivity contribution in [3.8, 4) is 0 Å². The highest BCUT2D eigenvalue weighted by Gasteiger charge is 2.02. The van der Waals surface area contributed by atoms with Crippen molar-refractivity contribution in [2.45, 2.75) is 90.4 Å². The lowest BCUT2D eigenvalue weighted by Crippen LogP contribution is -2.16. The Hall–Kier alpha value is -1.00. The Labute approximate surface area is 531 Å². The molecule has 0 unspecified atom stereocenters. The van der Waals surface area contributed by atoms with E-state index in [9.17, 15) is 0 Å². The molecule has 0 aliphatic carbocycles. The summed E-state index contributed by atoms with van der Waals surface area (Å²) in [6, 6.07) is 0. The van der Waals surface area contributed by atoms with Gasteiger partial charge in [0.05, 0.1) is 317 Å². The van der Waals surface area contributed by atoms with Crippen molar-refractivity contribution in [2.24, 2.45) is 0 Å². The summed E-state index contributed by atoms with van der Waals surface area (Å²) in [4.78, 5) is 0. The molecule has 0 radical (unpaired) electrons. The lowest BCUT2D eigenvalue weighted by atomic mass is 10.0. The average molecular weight is 1290 g/mol. The molecule has 0 saturated heterocycles. The fraction of sp³-hybridized carbons (Fsp3) is 1.00. The molecule has 0 aromatic carbocycles. The summed E-state index contributed by atoms with van der Waals surface area (Å²) in [7, 11) is 0. The second-order valence-electron chi connectivity index (χ2n) is 19.7. The molecule has 0 amide bonds. The molecule has 0 aromatic heterocycles. The normalized spacial score (nSPS) is 11.8. The fourth-order valence-corrected chi connectivity index (χ4v) is 7.45. The Kier molecular flexibility index (Phi) is 85.0. The molecule has 0 atom stereocenters. The summed E-state index contributed by atoms with van der Waals surface area (Å²) in [5.74, 6) is 0. The number of aliphatic hydroxyl groups excluding tert-OH is 1. The maximum Gasteiger partial charge on any atom is 0.0701 e. The van der Waals surface area contributed by atoms with Gasteiger partial charge < -0.3 is 119 Å². The highest BCUT2D eigenvalue weighted by molar-refractivity contribution is 4.50. The van der Waals surface area contributed by atoms with Crippen LogP contribution in [0.5, 0.6) is 0 Å². The Morgan fingerprint density at radius 2 is 0.227 bits per heavy atom. The highest BCUT2D eigenvalue weighted by atomic mass is 16.6. The number of ether oxygens (including phenoxy) is 24. The topological polar surface area (TPSA) is 242 Å². The minimum Gasteiger partial charge on any atom is -0.394 e. The maximum absolute atomic E-state index is 8.62. The van der Waals surface area contributed by atoms with Gasteiger partial charge in [0.15, 0.2) is 0 Å². The maximum atomic E-state index is 8.62. The van der Waals surface area contributed by atoms with Gasteiger partial charge in [0, 0.05) is 6.61 Å². The van der Waals surface area contributed by atoms with Crippen LogP contribution in [0.15, 0.2) is 0 Å². The van der Waals surface area contributed by atoms with Gasteiger partial charge in [-0.1, -0.05) is 84.0 Å². The fourth-order valence-electron chi connectivity index (χ4n) is 7.45. The van der Waals surface area contributed by atoms with E-state index in [1.165, 1.54) is 77.0 Å². The van der Waals surface area contributed by atoms with Crippen molar-refractivity contribution >= 4 is 0 Å². The molecule has 25 heteroatoms. The van der Waals surface area contributed by atoms with E-state index in [1.807, 2.05) is 0 Å². The summed E-state index contributed by atoms with van der Waals surface area (Å²) in [6.07, 6.45) is 17.7. The standard InChI is InChI=1S/C63H128O25/c1-2-3-4-5-6-7-8-9-10-11-12-13-14-16-65-18-20-67-22-24-69-26-28-71-30-32-73-34-36-75-38-40-77-42-44-79-46-48-81-50-52-83-54-56-85-58-60-87-62-63-88-61-59-86-57-55-84-53-51-82-49-47-80-45-43-78-41-39-76-37-35-74-33-31-72-29-27-70-25-23-68-21-19-66-17-15-64/h64H,2-63H2,1H3. The van der Waals surface area contributed by atoms with Gasteiger partial charge in [-0.3, -0.25) is 0 Å². The van der Waals surface area contributed by atoms with Crippen molar-refractivity contribution in [3.05, 3.63) is 0 Å². The number of hydrogen-bond donors (Lipinski definition) is 1. The van der Waals surface area contributed by atoms with Gasteiger partial charge in [0.25, 0.3) is 0 Å². The summed E-state index contributed by atoms with van der Waals surface area (Å²) in [5.41, 5.74) is 0. The van der Waals surface area contributed by atoms with Crippen LogP contribution in [0.25, 0.3) is 0 Å². The van der Waals surface area contributed by atoms with Crippen LogP contribution in [0.2, 0.25) is 0 Å². The van der Waals surface area contributed by atoms with E-state index in [-0.39, 0.29) is 6.61 Å². The first kappa shape index (κ1) is 87.0. The number of aliphatic hydroxyl groups is 1. The van der Waals surface area contributed by atoms with Crippen LogP contribution in [0, 0.1) is 0 Å². The Balaban J connectivity index is 3.08. The van der Waals surface area contributed by atoms with Crippen LogP contribution in [0.3, 0.4) is 0 Å².